The average molecular weight is 223 g/mol. The molecule has 2 heterocycles. The Morgan fingerprint density at radius 2 is 2.21 bits per heavy atom. The molecule has 0 saturated heterocycles. The first-order chi connectivity index (χ1) is 6.70. The number of hydrogen-bond acceptors (Lipinski definition) is 4. The number of aryl methyl sites for hydroxylation is 2. The molecule has 2 aromatic rings. The van der Waals surface area contributed by atoms with Crippen molar-refractivity contribution in [2.45, 2.75) is 13.8 Å². The maximum Gasteiger partial charge on any atom is 0.169 e. The van der Waals surface area contributed by atoms with Crippen LogP contribution in [0.25, 0.3) is 10.6 Å². The van der Waals surface area contributed by atoms with Crippen molar-refractivity contribution in [1.29, 1.82) is 0 Å². The Kier molecular flexibility index (Phi) is 2.48. The summed E-state index contributed by atoms with van der Waals surface area (Å²) in [7, 11) is 0. The molecule has 0 atom stereocenters. The summed E-state index contributed by atoms with van der Waals surface area (Å²) in [6.07, 6.45) is 0.786. The highest BCUT2D eigenvalue weighted by molar-refractivity contribution is 7.15. The normalized spacial score (nSPS) is 10.4. The van der Waals surface area contributed by atoms with Gasteiger partial charge in [-0.3, -0.25) is 4.79 Å². The number of thiazole rings is 1. The zero-order valence-corrected chi connectivity index (χ0v) is 9.54. The van der Waals surface area contributed by atoms with Crippen LogP contribution >= 0.6 is 22.7 Å². The lowest BCUT2D eigenvalue weighted by Gasteiger charge is -1.90. The maximum atomic E-state index is 10.5. The standard InChI is InChI=1S/C10H9NOS2/c1-6-3-9(7(2)14-6)10-11-8(4-12)5-13-10/h3-5H,1-2H3. The van der Waals surface area contributed by atoms with Gasteiger partial charge in [-0.25, -0.2) is 4.98 Å². The van der Waals surface area contributed by atoms with Crippen LogP contribution in [-0.2, 0) is 0 Å². The number of thiophene rings is 1. The van der Waals surface area contributed by atoms with E-state index in [2.05, 4.69) is 24.9 Å². The third-order valence-corrected chi connectivity index (χ3v) is 3.77. The molecule has 0 bridgehead atoms. The van der Waals surface area contributed by atoms with E-state index in [-0.39, 0.29) is 0 Å². The fourth-order valence-electron chi connectivity index (χ4n) is 1.31. The van der Waals surface area contributed by atoms with Crippen molar-refractivity contribution in [2.24, 2.45) is 0 Å². The van der Waals surface area contributed by atoms with Gasteiger partial charge in [0.1, 0.15) is 10.7 Å². The molecule has 0 radical (unpaired) electrons. The summed E-state index contributed by atoms with van der Waals surface area (Å²) in [6, 6.07) is 2.12. The van der Waals surface area contributed by atoms with Gasteiger partial charge in [0, 0.05) is 20.7 Å². The van der Waals surface area contributed by atoms with Crippen molar-refractivity contribution in [3.05, 3.63) is 26.9 Å². The molecule has 0 N–H and O–H groups in total. The van der Waals surface area contributed by atoms with Gasteiger partial charge in [-0.15, -0.1) is 22.7 Å². The highest BCUT2D eigenvalue weighted by Crippen LogP contribution is 2.32. The molecule has 0 fully saturated rings. The summed E-state index contributed by atoms with van der Waals surface area (Å²) in [5.74, 6) is 0. The second-order valence-electron chi connectivity index (χ2n) is 3.02. The molecule has 0 aliphatic heterocycles. The summed E-state index contributed by atoms with van der Waals surface area (Å²) < 4.78 is 0. The number of carbonyl (C=O) groups is 1. The van der Waals surface area contributed by atoms with E-state index in [0.717, 1.165) is 16.9 Å². The summed E-state index contributed by atoms with van der Waals surface area (Å²) in [5.41, 5.74) is 1.68. The Labute approximate surface area is 90.2 Å². The van der Waals surface area contributed by atoms with E-state index in [1.165, 1.54) is 21.1 Å². The smallest absolute Gasteiger partial charge is 0.169 e. The Balaban J connectivity index is 2.48. The van der Waals surface area contributed by atoms with Gasteiger partial charge < -0.3 is 0 Å². The Hall–Kier alpha value is -1.00. The average Bonchev–Trinajstić information content (AvgIpc) is 2.71. The van der Waals surface area contributed by atoms with Crippen LogP contribution in [0.2, 0.25) is 0 Å². The first kappa shape index (κ1) is 9.55. The first-order valence-electron chi connectivity index (χ1n) is 4.19. The molecular weight excluding hydrogens is 214 g/mol. The third-order valence-electron chi connectivity index (χ3n) is 1.91. The maximum absolute atomic E-state index is 10.5. The van der Waals surface area contributed by atoms with Gasteiger partial charge >= 0.3 is 0 Å². The molecule has 72 valence electrons. The van der Waals surface area contributed by atoms with E-state index in [0.29, 0.717) is 5.69 Å². The topological polar surface area (TPSA) is 30.0 Å². The van der Waals surface area contributed by atoms with Gasteiger partial charge in [0.2, 0.25) is 0 Å². The predicted octanol–water partition coefficient (Wildman–Crippen LogP) is 3.30. The predicted molar refractivity (Wildman–Crippen MR) is 60.3 cm³/mol. The number of hydrogen-bond donors (Lipinski definition) is 0. The van der Waals surface area contributed by atoms with E-state index >= 15 is 0 Å². The van der Waals surface area contributed by atoms with Crippen molar-refractivity contribution in [1.82, 2.24) is 4.98 Å². The molecule has 14 heavy (non-hydrogen) atoms. The molecular formula is C10H9NOS2. The minimum absolute atomic E-state index is 0.522. The van der Waals surface area contributed by atoms with Crippen LogP contribution in [0.4, 0.5) is 0 Å². The van der Waals surface area contributed by atoms with Crippen LogP contribution < -0.4 is 0 Å². The largest absolute Gasteiger partial charge is 0.296 e. The number of rotatable bonds is 2. The van der Waals surface area contributed by atoms with Gasteiger partial charge in [0.05, 0.1) is 0 Å². The van der Waals surface area contributed by atoms with E-state index in [9.17, 15) is 4.79 Å². The number of aromatic nitrogens is 1. The third kappa shape index (κ3) is 1.63. The highest BCUT2D eigenvalue weighted by atomic mass is 32.1. The molecule has 0 aliphatic carbocycles. The second-order valence-corrected chi connectivity index (χ2v) is 5.34. The molecule has 0 saturated carbocycles. The van der Waals surface area contributed by atoms with Gasteiger partial charge in [-0.05, 0) is 19.9 Å². The lowest BCUT2D eigenvalue weighted by atomic mass is 10.2. The van der Waals surface area contributed by atoms with Crippen molar-refractivity contribution < 1.29 is 4.79 Å². The van der Waals surface area contributed by atoms with Crippen LogP contribution in [0.5, 0.6) is 0 Å². The number of aldehydes is 1. The van der Waals surface area contributed by atoms with E-state index in [1.54, 1.807) is 16.7 Å². The zero-order valence-electron chi connectivity index (χ0n) is 7.90. The van der Waals surface area contributed by atoms with E-state index in [1.807, 2.05) is 0 Å². The minimum atomic E-state index is 0.522. The minimum Gasteiger partial charge on any atom is -0.296 e. The first-order valence-corrected chi connectivity index (χ1v) is 5.88. The summed E-state index contributed by atoms with van der Waals surface area (Å²) in [5, 5.41) is 2.73. The van der Waals surface area contributed by atoms with Crippen molar-refractivity contribution in [2.75, 3.05) is 0 Å². The molecule has 0 aromatic carbocycles. The van der Waals surface area contributed by atoms with Crippen LogP contribution in [0, 0.1) is 13.8 Å². The van der Waals surface area contributed by atoms with Crippen LogP contribution in [0.1, 0.15) is 20.2 Å². The zero-order chi connectivity index (χ0) is 10.1. The molecule has 0 spiro atoms. The lowest BCUT2D eigenvalue weighted by molar-refractivity contribution is 0.111. The summed E-state index contributed by atoms with van der Waals surface area (Å²) >= 11 is 3.28. The van der Waals surface area contributed by atoms with E-state index < -0.39 is 0 Å². The lowest BCUT2D eigenvalue weighted by Crippen LogP contribution is -1.79. The molecule has 2 aromatic heterocycles. The highest BCUT2D eigenvalue weighted by Gasteiger charge is 2.09. The summed E-state index contributed by atoms with van der Waals surface area (Å²) in [6.45, 7) is 4.16. The Bertz CT molecular complexity index is 470. The molecule has 0 aliphatic rings. The van der Waals surface area contributed by atoms with Gasteiger partial charge in [0.25, 0.3) is 0 Å². The fourth-order valence-corrected chi connectivity index (χ4v) is 3.13. The second kappa shape index (κ2) is 3.63. The SMILES string of the molecule is Cc1cc(-c2nc(C=O)cs2)c(C)s1. The van der Waals surface area contributed by atoms with Crippen LogP contribution in [-0.4, -0.2) is 11.3 Å². The van der Waals surface area contributed by atoms with E-state index in [4.69, 9.17) is 0 Å². The molecule has 4 heteroatoms. The number of nitrogens with zero attached hydrogens (tertiary/aromatic N) is 1. The van der Waals surface area contributed by atoms with Crippen LogP contribution in [0.15, 0.2) is 11.4 Å². The van der Waals surface area contributed by atoms with Crippen molar-refractivity contribution in [3.63, 3.8) is 0 Å². The quantitative estimate of drug-likeness (QED) is 0.731. The molecule has 2 nitrogen and oxygen atoms in total. The van der Waals surface area contributed by atoms with Gasteiger partial charge in [-0.2, -0.15) is 0 Å². The van der Waals surface area contributed by atoms with Gasteiger partial charge in [0.15, 0.2) is 6.29 Å². The molecule has 2 rings (SSSR count). The number of carbonyl (C=O) groups excluding carboxylic acids is 1. The molecule has 0 unspecified atom stereocenters. The van der Waals surface area contributed by atoms with Gasteiger partial charge in [-0.1, -0.05) is 0 Å². The van der Waals surface area contributed by atoms with Crippen LogP contribution in [0.3, 0.4) is 0 Å². The fraction of sp³-hybridized carbons (Fsp3) is 0.200. The molecule has 0 amide bonds. The Morgan fingerprint density at radius 1 is 1.43 bits per heavy atom. The monoisotopic (exact) mass is 223 g/mol. The Morgan fingerprint density at radius 3 is 2.71 bits per heavy atom. The van der Waals surface area contributed by atoms with Crippen molar-refractivity contribution >= 4 is 29.0 Å². The van der Waals surface area contributed by atoms with Crippen molar-refractivity contribution in [3.8, 4) is 10.6 Å². The summed E-state index contributed by atoms with van der Waals surface area (Å²) in [4.78, 5) is 17.3.